The van der Waals surface area contributed by atoms with Gasteiger partial charge in [0.1, 0.15) is 16.6 Å². The first-order chi connectivity index (χ1) is 16.6. The number of ether oxygens (including phenoxy) is 1. The van der Waals surface area contributed by atoms with Gasteiger partial charge in [0.15, 0.2) is 15.0 Å². The van der Waals surface area contributed by atoms with E-state index in [1.807, 2.05) is 27.7 Å². The van der Waals surface area contributed by atoms with Gasteiger partial charge in [0.25, 0.3) is 0 Å². The van der Waals surface area contributed by atoms with Crippen LogP contribution >= 0.6 is 23.1 Å². The van der Waals surface area contributed by atoms with Crippen molar-refractivity contribution in [2.45, 2.75) is 57.0 Å². The zero-order valence-corrected chi connectivity index (χ0v) is 22.7. The van der Waals surface area contributed by atoms with Crippen LogP contribution in [-0.4, -0.2) is 47.4 Å². The fourth-order valence-electron chi connectivity index (χ4n) is 3.31. The number of nitrogens with zero attached hydrogens (tertiary/aromatic N) is 3. The van der Waals surface area contributed by atoms with E-state index >= 15 is 0 Å². The van der Waals surface area contributed by atoms with Crippen molar-refractivity contribution in [1.82, 2.24) is 14.8 Å². The molecule has 3 rings (SSSR count). The van der Waals surface area contributed by atoms with Gasteiger partial charge in [-0.25, -0.2) is 13.2 Å². The number of benzene rings is 1. The van der Waals surface area contributed by atoms with E-state index in [0.717, 1.165) is 27.8 Å². The summed E-state index contributed by atoms with van der Waals surface area (Å²) in [5, 5.41) is 11.9. The molecule has 0 aliphatic carbocycles. The molecule has 0 spiro atoms. The van der Waals surface area contributed by atoms with Gasteiger partial charge < -0.3 is 14.6 Å². The molecule has 0 fully saturated rings. The molecule has 0 atom stereocenters. The van der Waals surface area contributed by atoms with Gasteiger partial charge in [-0.3, -0.25) is 4.79 Å². The zero-order valence-electron chi connectivity index (χ0n) is 20.2. The van der Waals surface area contributed by atoms with Crippen LogP contribution in [0.5, 0.6) is 0 Å². The Morgan fingerprint density at radius 3 is 2.43 bits per heavy atom. The molecule has 9 nitrogen and oxygen atoms in total. The molecule has 0 unspecified atom stereocenters. The number of hydrogen-bond donors (Lipinski definition) is 1. The van der Waals surface area contributed by atoms with Crippen LogP contribution in [0, 0.1) is 20.8 Å². The average molecular weight is 537 g/mol. The van der Waals surface area contributed by atoms with Crippen LogP contribution in [0.4, 0.5) is 5.00 Å². The molecule has 35 heavy (non-hydrogen) atoms. The lowest BCUT2D eigenvalue weighted by atomic mass is 10.1. The van der Waals surface area contributed by atoms with Gasteiger partial charge in [-0.05, 0) is 52.3 Å². The largest absolute Gasteiger partial charge is 0.462 e. The first-order valence-electron chi connectivity index (χ1n) is 11.0. The minimum Gasteiger partial charge on any atom is -0.462 e. The van der Waals surface area contributed by atoms with Crippen LogP contribution < -0.4 is 5.32 Å². The van der Waals surface area contributed by atoms with Crippen LogP contribution in [0.2, 0.25) is 0 Å². The van der Waals surface area contributed by atoms with Gasteiger partial charge in [-0.1, -0.05) is 29.5 Å². The van der Waals surface area contributed by atoms with E-state index in [1.54, 1.807) is 35.8 Å². The van der Waals surface area contributed by atoms with E-state index in [0.29, 0.717) is 28.1 Å². The molecule has 1 amide bonds. The number of thiophene rings is 1. The third-order valence-electron chi connectivity index (χ3n) is 5.26. The molecular formula is C23H28N4O5S3. The van der Waals surface area contributed by atoms with Gasteiger partial charge in [-0.15, -0.1) is 21.5 Å². The number of sulfone groups is 1. The Hall–Kier alpha value is -2.70. The molecule has 0 bridgehead atoms. The number of amides is 1. The Morgan fingerprint density at radius 1 is 1.11 bits per heavy atom. The number of carbonyl (C=O) groups is 2. The topological polar surface area (TPSA) is 120 Å². The van der Waals surface area contributed by atoms with E-state index in [9.17, 15) is 18.0 Å². The Kier molecular flexibility index (Phi) is 8.73. The number of thioether (sulfide) groups is 1. The number of aromatic nitrogens is 3. The third kappa shape index (κ3) is 6.30. The highest BCUT2D eigenvalue weighted by Gasteiger charge is 2.24. The number of aryl methyl sites for hydroxylation is 2. The molecule has 0 radical (unpaired) electrons. The van der Waals surface area contributed by atoms with Gasteiger partial charge in [-0.2, -0.15) is 0 Å². The van der Waals surface area contributed by atoms with Crippen LogP contribution in [0.25, 0.3) is 0 Å². The molecule has 188 valence electrons. The lowest BCUT2D eigenvalue weighted by molar-refractivity contribution is -0.113. The van der Waals surface area contributed by atoms with Crippen LogP contribution in [0.3, 0.4) is 0 Å². The normalized spacial score (nSPS) is 11.5. The number of carbonyl (C=O) groups excluding carboxylic acids is 2. The lowest BCUT2D eigenvalue weighted by Crippen LogP contribution is -2.17. The van der Waals surface area contributed by atoms with E-state index in [-0.39, 0.29) is 28.9 Å². The minimum absolute atomic E-state index is 0.0150. The molecule has 1 N–H and O–H groups in total. The highest BCUT2D eigenvalue weighted by atomic mass is 32.2. The summed E-state index contributed by atoms with van der Waals surface area (Å²) in [4.78, 5) is 26.1. The summed E-state index contributed by atoms with van der Waals surface area (Å²) in [6.45, 7) is 9.87. The second kappa shape index (κ2) is 11.4. The summed E-state index contributed by atoms with van der Waals surface area (Å²) < 4.78 is 32.5. The summed E-state index contributed by atoms with van der Waals surface area (Å²) in [6, 6.07) is 6.66. The molecule has 0 aliphatic rings. The Labute approximate surface area is 213 Å². The second-order valence-electron chi connectivity index (χ2n) is 7.76. The SMILES string of the molecule is CCOC(=O)c1c(NC(=O)CSc2nnc(CS(=O)(=O)c3ccc(C)cc3)n2CC)sc(C)c1C. The third-order valence-corrected chi connectivity index (χ3v) is 8.98. The number of hydrogen-bond acceptors (Lipinski definition) is 9. The quantitative estimate of drug-likeness (QED) is 0.303. The first kappa shape index (κ1) is 26.9. The first-order valence-corrected chi connectivity index (χ1v) is 14.4. The molecule has 0 saturated carbocycles. The van der Waals surface area contributed by atoms with Gasteiger partial charge in [0.05, 0.1) is 22.8 Å². The molecule has 12 heteroatoms. The Bertz CT molecular complexity index is 1330. The average Bonchev–Trinajstić information content (AvgIpc) is 3.31. The zero-order chi connectivity index (χ0) is 25.8. The van der Waals surface area contributed by atoms with Crippen molar-refractivity contribution in [3.8, 4) is 0 Å². The standard InChI is InChI=1S/C23H28N4O5S3/c1-6-27-18(13-35(30,31)17-10-8-14(3)9-11-17)25-26-23(27)33-12-19(28)24-21-20(22(29)32-7-2)15(4)16(5)34-21/h8-11H,6-7,12-13H2,1-5H3,(H,24,28). The molecule has 2 aromatic heterocycles. The number of rotatable bonds is 10. The Morgan fingerprint density at radius 2 is 1.80 bits per heavy atom. The maximum Gasteiger partial charge on any atom is 0.341 e. The highest BCUT2D eigenvalue weighted by Crippen LogP contribution is 2.33. The molecule has 2 heterocycles. The lowest BCUT2D eigenvalue weighted by Gasteiger charge is -2.09. The fourth-order valence-corrected chi connectivity index (χ4v) is 6.46. The van der Waals surface area contributed by atoms with Crippen molar-refractivity contribution >= 4 is 49.8 Å². The van der Waals surface area contributed by atoms with Crippen molar-refractivity contribution in [1.29, 1.82) is 0 Å². The van der Waals surface area contributed by atoms with Crippen LogP contribution in [0.1, 0.15) is 46.0 Å². The van der Waals surface area contributed by atoms with Gasteiger partial charge >= 0.3 is 5.97 Å². The van der Waals surface area contributed by atoms with E-state index < -0.39 is 15.8 Å². The molecule has 0 saturated heterocycles. The highest BCUT2D eigenvalue weighted by molar-refractivity contribution is 7.99. The summed E-state index contributed by atoms with van der Waals surface area (Å²) >= 11 is 2.47. The molecule has 3 aromatic rings. The van der Waals surface area contributed by atoms with Crippen molar-refractivity contribution in [3.63, 3.8) is 0 Å². The summed E-state index contributed by atoms with van der Waals surface area (Å²) in [7, 11) is -3.60. The number of esters is 1. The van der Waals surface area contributed by atoms with Crippen molar-refractivity contribution in [2.24, 2.45) is 0 Å². The Balaban J connectivity index is 1.70. The molecular weight excluding hydrogens is 508 g/mol. The number of nitrogens with one attached hydrogen (secondary N) is 1. The predicted octanol–water partition coefficient (Wildman–Crippen LogP) is 4.17. The summed E-state index contributed by atoms with van der Waals surface area (Å²) in [6.07, 6.45) is 0. The molecule has 1 aromatic carbocycles. The van der Waals surface area contributed by atoms with Crippen LogP contribution in [0.15, 0.2) is 34.3 Å². The predicted molar refractivity (Wildman–Crippen MR) is 137 cm³/mol. The second-order valence-corrected chi connectivity index (χ2v) is 11.9. The minimum atomic E-state index is -3.60. The van der Waals surface area contributed by atoms with Gasteiger partial charge in [0.2, 0.25) is 5.91 Å². The maximum atomic E-state index is 12.8. The van der Waals surface area contributed by atoms with Gasteiger partial charge in [0, 0.05) is 11.4 Å². The number of anilines is 1. The monoisotopic (exact) mass is 536 g/mol. The molecule has 0 aliphatic heterocycles. The van der Waals surface area contributed by atoms with Crippen molar-refractivity contribution in [2.75, 3.05) is 17.7 Å². The smallest absolute Gasteiger partial charge is 0.341 e. The van der Waals surface area contributed by atoms with E-state index in [1.165, 1.54) is 11.3 Å². The van der Waals surface area contributed by atoms with Crippen molar-refractivity contribution < 1.29 is 22.7 Å². The maximum absolute atomic E-state index is 12.8. The summed E-state index contributed by atoms with van der Waals surface area (Å²) in [5.41, 5.74) is 2.12. The van der Waals surface area contributed by atoms with Crippen molar-refractivity contribution in [3.05, 3.63) is 51.7 Å². The fraction of sp³-hybridized carbons (Fsp3) is 0.391. The van der Waals surface area contributed by atoms with E-state index in [4.69, 9.17) is 4.74 Å². The summed E-state index contributed by atoms with van der Waals surface area (Å²) in [5.74, 6) is -0.754. The van der Waals surface area contributed by atoms with Crippen LogP contribution in [-0.2, 0) is 31.7 Å². The van der Waals surface area contributed by atoms with E-state index in [2.05, 4.69) is 15.5 Å².